The summed E-state index contributed by atoms with van der Waals surface area (Å²) in [6.07, 6.45) is 0.905. The Hall–Kier alpha value is 0.490. The Kier molecular flexibility index (Phi) is 6.67. The molecule has 0 aliphatic carbocycles. The highest BCUT2D eigenvalue weighted by molar-refractivity contribution is 14.1. The van der Waals surface area contributed by atoms with E-state index in [1.165, 1.54) is 0 Å². The first kappa shape index (κ1) is 17.8. The number of hydrogen-bond acceptors (Lipinski definition) is 6. The van der Waals surface area contributed by atoms with E-state index in [1.807, 2.05) is 0 Å². The molecule has 0 unspecified atom stereocenters. The Labute approximate surface area is 139 Å². The molecule has 0 aromatic heterocycles. The van der Waals surface area contributed by atoms with Gasteiger partial charge in [-0.3, -0.25) is 0 Å². The molecule has 2 aliphatic heterocycles. The lowest BCUT2D eigenvalue weighted by molar-refractivity contribution is -0.376. The van der Waals surface area contributed by atoms with Gasteiger partial charge in [-0.05, 0) is 12.8 Å². The highest BCUT2D eigenvalue weighted by Crippen LogP contribution is 2.44. The first-order chi connectivity index (χ1) is 10.1. The van der Waals surface area contributed by atoms with E-state index in [-0.39, 0.29) is 28.3 Å². The molecular weight excluding hydrogens is 391 g/mol. The van der Waals surface area contributed by atoms with Crippen LogP contribution in [0.3, 0.4) is 0 Å². The molecule has 0 N–H and O–H groups in total. The van der Waals surface area contributed by atoms with Gasteiger partial charge in [-0.2, -0.15) is 0 Å². The van der Waals surface area contributed by atoms with Crippen molar-refractivity contribution in [3.8, 4) is 0 Å². The topological polar surface area (TPSA) is 55.4 Å². The summed E-state index contributed by atoms with van der Waals surface area (Å²) < 4.78 is 34.9. The van der Waals surface area contributed by atoms with Gasteiger partial charge in [-0.15, -0.1) is 0 Å². The first-order valence-corrected chi connectivity index (χ1v) is 8.42. The van der Waals surface area contributed by atoms with Gasteiger partial charge in [0.05, 0.1) is 17.1 Å². The maximum absolute atomic E-state index is 6.32. The molecule has 21 heavy (non-hydrogen) atoms. The van der Waals surface area contributed by atoms with Gasteiger partial charge < -0.3 is 28.4 Å². The van der Waals surface area contributed by atoms with Crippen LogP contribution in [0.5, 0.6) is 0 Å². The zero-order chi connectivity index (χ0) is 15.5. The zero-order valence-electron chi connectivity index (χ0n) is 13.0. The van der Waals surface area contributed by atoms with Crippen LogP contribution >= 0.6 is 22.6 Å². The fraction of sp³-hybridized carbons (Fsp3) is 1.00. The molecule has 6 atom stereocenters. The molecule has 0 aromatic rings. The molecule has 2 saturated heterocycles. The second-order valence-corrected chi connectivity index (χ2v) is 6.85. The molecule has 0 saturated carbocycles. The molecule has 7 heteroatoms. The largest absolute Gasteiger partial charge is 0.382 e. The Morgan fingerprint density at radius 3 is 2.33 bits per heavy atom. The average molecular weight is 416 g/mol. The molecule has 2 fully saturated rings. The van der Waals surface area contributed by atoms with Crippen molar-refractivity contribution in [2.75, 3.05) is 41.7 Å². The summed E-state index contributed by atoms with van der Waals surface area (Å²) in [4.78, 5) is 0. The molecule has 0 radical (unpaired) electrons. The van der Waals surface area contributed by atoms with E-state index < -0.39 is 5.79 Å². The number of hydrogen-bond donors (Lipinski definition) is 0. The van der Waals surface area contributed by atoms with Crippen LogP contribution in [0.15, 0.2) is 0 Å². The molecule has 2 rings (SSSR count). The van der Waals surface area contributed by atoms with Gasteiger partial charge in [0.25, 0.3) is 0 Å². The lowest BCUT2D eigenvalue weighted by Crippen LogP contribution is -2.71. The van der Waals surface area contributed by atoms with E-state index >= 15 is 0 Å². The van der Waals surface area contributed by atoms with Gasteiger partial charge in [0.15, 0.2) is 0 Å². The second kappa shape index (κ2) is 7.85. The molecule has 6 nitrogen and oxygen atoms in total. The van der Waals surface area contributed by atoms with Crippen LogP contribution < -0.4 is 0 Å². The Balaban J connectivity index is 2.34. The Morgan fingerprint density at radius 1 is 1.10 bits per heavy atom. The molecule has 0 aromatic carbocycles. The van der Waals surface area contributed by atoms with Crippen LogP contribution in [-0.2, 0) is 28.4 Å². The van der Waals surface area contributed by atoms with E-state index in [4.69, 9.17) is 28.4 Å². The summed E-state index contributed by atoms with van der Waals surface area (Å²) in [7, 11) is 6.62. The fourth-order valence-electron chi connectivity index (χ4n) is 3.27. The number of halogens is 1. The van der Waals surface area contributed by atoms with Crippen LogP contribution in [0.25, 0.3) is 0 Å². The Morgan fingerprint density at radius 2 is 1.81 bits per heavy atom. The smallest absolute Gasteiger partial charge is 0.210 e. The van der Waals surface area contributed by atoms with Gasteiger partial charge in [-0.25, -0.2) is 0 Å². The van der Waals surface area contributed by atoms with Crippen LogP contribution in [0.4, 0.5) is 0 Å². The monoisotopic (exact) mass is 416 g/mol. The predicted molar refractivity (Wildman–Crippen MR) is 84.9 cm³/mol. The third-order valence-corrected chi connectivity index (χ3v) is 5.71. The number of methoxy groups -OCH3 is 4. The standard InChI is InChI=1S/C14H25IO6/c1-16-8-9-11(17-2)12(18-3)13(19-4)14(21-9)10(15)6-5-7-20-14/h9-13H,5-8H2,1-4H3/t9-,10+,11-,12+,13+,14-/m1/s1. The van der Waals surface area contributed by atoms with Crippen molar-refractivity contribution in [1.82, 2.24) is 0 Å². The molecule has 0 bridgehead atoms. The zero-order valence-corrected chi connectivity index (χ0v) is 15.2. The van der Waals surface area contributed by atoms with Gasteiger partial charge in [0.2, 0.25) is 5.79 Å². The van der Waals surface area contributed by atoms with Gasteiger partial charge >= 0.3 is 0 Å². The van der Waals surface area contributed by atoms with E-state index in [0.717, 1.165) is 12.8 Å². The van der Waals surface area contributed by atoms with Crippen LogP contribution in [0, 0.1) is 0 Å². The van der Waals surface area contributed by atoms with Gasteiger partial charge in [0.1, 0.15) is 24.4 Å². The van der Waals surface area contributed by atoms with Crippen molar-refractivity contribution in [1.29, 1.82) is 0 Å². The summed E-state index contributed by atoms with van der Waals surface area (Å²) in [6.45, 7) is 1.08. The summed E-state index contributed by atoms with van der Waals surface area (Å²) >= 11 is 2.38. The van der Waals surface area contributed by atoms with E-state index in [1.54, 1.807) is 28.4 Å². The first-order valence-electron chi connectivity index (χ1n) is 7.17. The lowest BCUT2D eigenvalue weighted by atomic mass is 9.87. The minimum Gasteiger partial charge on any atom is -0.382 e. The summed E-state index contributed by atoms with van der Waals surface area (Å²) in [5.74, 6) is -0.813. The quantitative estimate of drug-likeness (QED) is 0.499. The van der Waals surface area contributed by atoms with Crippen molar-refractivity contribution >= 4 is 22.6 Å². The van der Waals surface area contributed by atoms with E-state index in [2.05, 4.69) is 22.6 Å². The van der Waals surface area contributed by atoms with E-state index in [9.17, 15) is 0 Å². The number of rotatable bonds is 5. The normalized spacial score (nSPS) is 44.1. The molecule has 2 aliphatic rings. The Bertz CT molecular complexity index is 331. The fourth-order valence-corrected chi connectivity index (χ4v) is 4.39. The predicted octanol–water partition coefficient (Wildman–Crippen LogP) is 1.39. The lowest BCUT2D eigenvalue weighted by Gasteiger charge is -2.54. The van der Waals surface area contributed by atoms with Crippen molar-refractivity contribution in [2.24, 2.45) is 0 Å². The maximum atomic E-state index is 6.32. The average Bonchev–Trinajstić information content (AvgIpc) is 2.50. The minimum absolute atomic E-state index is 0.184. The molecule has 124 valence electrons. The van der Waals surface area contributed by atoms with Crippen molar-refractivity contribution in [3.05, 3.63) is 0 Å². The van der Waals surface area contributed by atoms with Crippen LogP contribution in [-0.4, -0.2) is 75.8 Å². The summed E-state index contributed by atoms with van der Waals surface area (Å²) in [5.41, 5.74) is 0. The molecule has 2 heterocycles. The maximum Gasteiger partial charge on any atom is 0.210 e. The summed E-state index contributed by atoms with van der Waals surface area (Å²) in [6, 6.07) is 0. The van der Waals surface area contributed by atoms with Crippen molar-refractivity contribution in [2.45, 2.75) is 47.0 Å². The second-order valence-electron chi connectivity index (χ2n) is 5.35. The van der Waals surface area contributed by atoms with Crippen LogP contribution in [0.2, 0.25) is 0 Å². The third kappa shape index (κ3) is 3.24. The van der Waals surface area contributed by atoms with Crippen molar-refractivity contribution < 1.29 is 28.4 Å². The van der Waals surface area contributed by atoms with Crippen LogP contribution in [0.1, 0.15) is 12.8 Å². The number of ether oxygens (including phenoxy) is 6. The summed E-state index contributed by atoms with van der Waals surface area (Å²) in [5, 5.41) is 0. The minimum atomic E-state index is -0.813. The molecule has 1 spiro atoms. The molecular formula is C14H25IO6. The highest BCUT2D eigenvalue weighted by atomic mass is 127. The van der Waals surface area contributed by atoms with Gasteiger partial charge in [-0.1, -0.05) is 22.6 Å². The van der Waals surface area contributed by atoms with Crippen molar-refractivity contribution in [3.63, 3.8) is 0 Å². The third-order valence-electron chi connectivity index (χ3n) is 4.22. The van der Waals surface area contributed by atoms with Gasteiger partial charge in [0, 0.05) is 28.4 Å². The number of alkyl halides is 1. The van der Waals surface area contributed by atoms with E-state index in [0.29, 0.717) is 13.2 Å². The SMILES string of the molecule is COC[C@H]1O[C@@]2(OCCC[C@@H]2I)[C@@H](OC)[C@@H](OC)[C@@H]1OC. The highest BCUT2D eigenvalue weighted by Gasteiger charge is 2.60. The molecule has 0 amide bonds.